The highest BCUT2D eigenvalue weighted by molar-refractivity contribution is 5.66. The van der Waals surface area contributed by atoms with Crippen molar-refractivity contribution in [2.75, 3.05) is 33.3 Å². The summed E-state index contributed by atoms with van der Waals surface area (Å²) in [6.45, 7) is 1.82. The zero-order valence-corrected chi connectivity index (χ0v) is 11.4. The van der Waals surface area contributed by atoms with Gasteiger partial charge in [0, 0.05) is 19.2 Å². The van der Waals surface area contributed by atoms with E-state index in [9.17, 15) is 0 Å². The summed E-state index contributed by atoms with van der Waals surface area (Å²) >= 11 is 0. The molecule has 0 spiro atoms. The van der Waals surface area contributed by atoms with Gasteiger partial charge in [0.25, 0.3) is 0 Å². The smallest absolute Gasteiger partial charge is 0.164 e. The molecule has 98 valence electrons. The van der Waals surface area contributed by atoms with Crippen molar-refractivity contribution in [2.24, 2.45) is 0 Å². The number of methoxy groups -OCH3 is 3. The minimum atomic E-state index is -0.267. The van der Waals surface area contributed by atoms with E-state index >= 15 is 0 Å². The lowest BCUT2D eigenvalue weighted by Crippen LogP contribution is -2.27. The second kappa shape index (κ2) is 6.01. The monoisotopic (exact) mass is 250 g/mol. The zero-order chi connectivity index (χ0) is 13.7. The highest BCUT2D eigenvalue weighted by atomic mass is 16.5. The van der Waals surface area contributed by atoms with Crippen LogP contribution in [0.4, 0.5) is 5.69 Å². The fraction of sp³-hybridized carbons (Fsp3) is 0.462. The van der Waals surface area contributed by atoms with Crippen LogP contribution in [0.5, 0.6) is 17.2 Å². The molecule has 0 aliphatic carbocycles. The molecule has 0 saturated heterocycles. The van der Waals surface area contributed by atoms with E-state index in [4.69, 9.17) is 19.5 Å². The molecule has 5 nitrogen and oxygen atoms in total. The molecule has 0 saturated carbocycles. The van der Waals surface area contributed by atoms with Crippen molar-refractivity contribution < 1.29 is 14.2 Å². The number of hydrogen-bond acceptors (Lipinski definition) is 5. The van der Waals surface area contributed by atoms with Crippen molar-refractivity contribution in [3.05, 3.63) is 12.1 Å². The van der Waals surface area contributed by atoms with Gasteiger partial charge in [-0.15, -0.1) is 0 Å². The summed E-state index contributed by atoms with van der Waals surface area (Å²) in [4.78, 5) is 1.82. The van der Waals surface area contributed by atoms with E-state index in [0.717, 1.165) is 5.69 Å². The lowest BCUT2D eigenvalue weighted by atomic mass is 10.2. The third kappa shape index (κ3) is 2.59. The van der Waals surface area contributed by atoms with Gasteiger partial charge in [0.1, 0.15) is 11.8 Å². The fourth-order valence-electron chi connectivity index (χ4n) is 1.58. The molecule has 0 aliphatic rings. The summed E-state index contributed by atoms with van der Waals surface area (Å²) < 4.78 is 15.8. The molecule has 1 rings (SSSR count). The van der Waals surface area contributed by atoms with E-state index in [1.807, 2.05) is 18.9 Å². The van der Waals surface area contributed by atoms with Crippen LogP contribution in [0.3, 0.4) is 0 Å². The SMILES string of the molecule is COc1cc(OC)c(N(C)C(C)C#N)cc1OC. The summed E-state index contributed by atoms with van der Waals surface area (Å²) in [5.41, 5.74) is 0.782. The van der Waals surface area contributed by atoms with Crippen LogP contribution in [-0.4, -0.2) is 34.4 Å². The molecular formula is C13H18N2O3. The molecule has 0 N–H and O–H groups in total. The molecule has 0 aromatic heterocycles. The second-order valence-corrected chi connectivity index (χ2v) is 3.80. The Bertz CT molecular complexity index is 454. The summed E-state index contributed by atoms with van der Waals surface area (Å²) in [6.07, 6.45) is 0. The van der Waals surface area contributed by atoms with Gasteiger partial charge in [-0.1, -0.05) is 0 Å². The van der Waals surface area contributed by atoms with Gasteiger partial charge in [0.05, 0.1) is 33.1 Å². The first-order chi connectivity index (χ1) is 8.58. The van der Waals surface area contributed by atoms with Gasteiger partial charge in [0.2, 0.25) is 0 Å². The van der Waals surface area contributed by atoms with Crippen molar-refractivity contribution in [1.29, 1.82) is 5.26 Å². The molecule has 5 heteroatoms. The number of benzene rings is 1. The standard InChI is InChI=1S/C13H18N2O3/c1-9(8-14)15(2)10-6-12(17-4)13(18-5)7-11(10)16-3/h6-7,9H,1-5H3. The number of ether oxygens (including phenoxy) is 3. The van der Waals surface area contributed by atoms with Gasteiger partial charge < -0.3 is 19.1 Å². The van der Waals surface area contributed by atoms with Crippen molar-refractivity contribution >= 4 is 5.69 Å². The van der Waals surface area contributed by atoms with Crippen LogP contribution in [0.1, 0.15) is 6.92 Å². The Morgan fingerprint density at radius 3 is 2.00 bits per heavy atom. The summed E-state index contributed by atoms with van der Waals surface area (Å²) in [7, 11) is 6.55. The Labute approximate surface area is 107 Å². The van der Waals surface area contributed by atoms with E-state index < -0.39 is 0 Å². The topological polar surface area (TPSA) is 54.7 Å². The Kier molecular flexibility index (Phi) is 4.67. The van der Waals surface area contributed by atoms with Crippen LogP contribution < -0.4 is 19.1 Å². The first kappa shape index (κ1) is 14.0. The lowest BCUT2D eigenvalue weighted by Gasteiger charge is -2.25. The molecule has 0 amide bonds. The summed E-state index contributed by atoms with van der Waals surface area (Å²) in [6, 6.07) is 5.45. The maximum absolute atomic E-state index is 8.97. The van der Waals surface area contributed by atoms with Gasteiger partial charge in [0.15, 0.2) is 11.5 Å². The fourth-order valence-corrected chi connectivity index (χ4v) is 1.58. The molecule has 0 heterocycles. The Morgan fingerprint density at radius 2 is 1.56 bits per heavy atom. The maximum Gasteiger partial charge on any atom is 0.164 e. The lowest BCUT2D eigenvalue weighted by molar-refractivity contribution is 0.349. The van der Waals surface area contributed by atoms with Gasteiger partial charge >= 0.3 is 0 Å². The molecular weight excluding hydrogens is 232 g/mol. The van der Waals surface area contributed by atoms with E-state index in [2.05, 4.69) is 6.07 Å². The van der Waals surface area contributed by atoms with Gasteiger partial charge in [-0.05, 0) is 6.92 Å². The number of hydrogen-bond donors (Lipinski definition) is 0. The quantitative estimate of drug-likeness (QED) is 0.800. The van der Waals surface area contributed by atoms with E-state index in [1.165, 1.54) is 0 Å². The average Bonchev–Trinajstić information content (AvgIpc) is 2.43. The van der Waals surface area contributed by atoms with Crippen LogP contribution in [-0.2, 0) is 0 Å². The van der Waals surface area contributed by atoms with Crippen LogP contribution >= 0.6 is 0 Å². The molecule has 1 aromatic carbocycles. The molecule has 1 unspecified atom stereocenters. The zero-order valence-electron chi connectivity index (χ0n) is 11.4. The maximum atomic E-state index is 8.97. The van der Waals surface area contributed by atoms with Gasteiger partial charge in [-0.25, -0.2) is 0 Å². The Hall–Kier alpha value is -2.09. The molecule has 1 aromatic rings. The highest BCUT2D eigenvalue weighted by Crippen LogP contribution is 2.39. The third-order valence-corrected chi connectivity index (χ3v) is 2.83. The van der Waals surface area contributed by atoms with Crippen LogP contribution in [0.2, 0.25) is 0 Å². The van der Waals surface area contributed by atoms with Crippen LogP contribution in [0.25, 0.3) is 0 Å². The summed E-state index contributed by atoms with van der Waals surface area (Å²) in [5, 5.41) is 8.97. The second-order valence-electron chi connectivity index (χ2n) is 3.80. The first-order valence-electron chi connectivity index (χ1n) is 5.51. The molecule has 0 fully saturated rings. The van der Waals surface area contributed by atoms with E-state index in [-0.39, 0.29) is 6.04 Å². The van der Waals surface area contributed by atoms with Gasteiger partial charge in [-0.3, -0.25) is 0 Å². The normalized spacial score (nSPS) is 11.3. The largest absolute Gasteiger partial charge is 0.494 e. The Balaban J connectivity index is 3.30. The first-order valence-corrected chi connectivity index (χ1v) is 5.51. The van der Waals surface area contributed by atoms with Crippen molar-refractivity contribution in [3.8, 4) is 23.3 Å². The predicted molar refractivity (Wildman–Crippen MR) is 69.6 cm³/mol. The van der Waals surface area contributed by atoms with Crippen molar-refractivity contribution in [1.82, 2.24) is 0 Å². The van der Waals surface area contributed by atoms with Crippen LogP contribution in [0.15, 0.2) is 12.1 Å². The predicted octanol–water partition coefficient (Wildman–Crippen LogP) is 2.06. The minimum Gasteiger partial charge on any atom is -0.494 e. The number of nitrogens with zero attached hydrogens (tertiary/aromatic N) is 2. The van der Waals surface area contributed by atoms with Crippen molar-refractivity contribution in [3.63, 3.8) is 0 Å². The number of rotatable bonds is 5. The van der Waals surface area contributed by atoms with E-state index in [1.54, 1.807) is 33.5 Å². The average molecular weight is 250 g/mol. The molecule has 0 bridgehead atoms. The van der Waals surface area contributed by atoms with Gasteiger partial charge in [-0.2, -0.15) is 5.26 Å². The highest BCUT2D eigenvalue weighted by Gasteiger charge is 2.18. The molecule has 0 aliphatic heterocycles. The Morgan fingerprint density at radius 1 is 1.06 bits per heavy atom. The van der Waals surface area contributed by atoms with Crippen LogP contribution in [0, 0.1) is 11.3 Å². The number of anilines is 1. The minimum absolute atomic E-state index is 0.267. The third-order valence-electron chi connectivity index (χ3n) is 2.83. The van der Waals surface area contributed by atoms with Crippen molar-refractivity contribution in [2.45, 2.75) is 13.0 Å². The molecule has 18 heavy (non-hydrogen) atoms. The molecule has 1 atom stereocenters. The van der Waals surface area contributed by atoms with E-state index in [0.29, 0.717) is 17.2 Å². The molecule has 0 radical (unpaired) electrons. The summed E-state index contributed by atoms with van der Waals surface area (Å²) in [5.74, 6) is 1.83. The number of nitriles is 1.